The molecule has 1 fully saturated rings. The van der Waals surface area contributed by atoms with Gasteiger partial charge in [-0.2, -0.15) is 5.10 Å². The number of halogens is 1. The van der Waals surface area contributed by atoms with Gasteiger partial charge in [-0.15, -0.1) is 0 Å². The summed E-state index contributed by atoms with van der Waals surface area (Å²) < 4.78 is 1.64. The minimum absolute atomic E-state index is 0.0258. The van der Waals surface area contributed by atoms with Crippen molar-refractivity contribution in [2.75, 3.05) is 0 Å². The number of nitrogens with zero attached hydrogens (tertiary/aromatic N) is 2. The van der Waals surface area contributed by atoms with E-state index in [1.54, 1.807) is 10.9 Å². The molecule has 4 nitrogen and oxygen atoms in total. The molecule has 2 rings (SSSR count). The van der Waals surface area contributed by atoms with Crippen LogP contribution in [-0.2, 0) is 4.79 Å². The molecule has 0 saturated heterocycles. The van der Waals surface area contributed by atoms with E-state index in [2.05, 4.69) is 17.3 Å². The van der Waals surface area contributed by atoms with Crippen molar-refractivity contribution in [3.05, 3.63) is 16.9 Å². The van der Waals surface area contributed by atoms with Crippen LogP contribution < -0.4 is 5.32 Å². The van der Waals surface area contributed by atoms with Crippen molar-refractivity contribution in [3.63, 3.8) is 0 Å². The van der Waals surface area contributed by atoms with Crippen molar-refractivity contribution in [1.82, 2.24) is 15.1 Å². The van der Waals surface area contributed by atoms with Gasteiger partial charge >= 0.3 is 0 Å². The van der Waals surface area contributed by atoms with Gasteiger partial charge in [0.05, 0.1) is 10.7 Å². The molecule has 0 bridgehead atoms. The van der Waals surface area contributed by atoms with Crippen molar-refractivity contribution >= 4 is 17.5 Å². The van der Waals surface area contributed by atoms with Gasteiger partial charge in [0.25, 0.3) is 0 Å². The van der Waals surface area contributed by atoms with Gasteiger partial charge in [0.2, 0.25) is 5.91 Å². The van der Waals surface area contributed by atoms with Crippen molar-refractivity contribution in [2.45, 2.75) is 58.5 Å². The van der Waals surface area contributed by atoms with E-state index in [1.807, 2.05) is 13.8 Å². The first-order valence-electron chi connectivity index (χ1n) is 7.00. The van der Waals surface area contributed by atoms with E-state index in [4.69, 9.17) is 11.6 Å². The molecule has 0 radical (unpaired) electrons. The maximum absolute atomic E-state index is 12.3. The lowest BCUT2D eigenvalue weighted by atomic mass is 9.86. The molecule has 1 aliphatic rings. The molecular weight excluding hydrogens is 262 g/mol. The van der Waals surface area contributed by atoms with Crippen molar-refractivity contribution in [2.24, 2.45) is 5.92 Å². The molecule has 5 heteroatoms. The SMILES string of the molecule is Cc1nn([C@H](C)C(=O)N[C@@H]2CCCC[C@H]2C)cc1Cl. The fourth-order valence-electron chi connectivity index (χ4n) is 2.61. The van der Waals surface area contributed by atoms with E-state index < -0.39 is 0 Å². The summed E-state index contributed by atoms with van der Waals surface area (Å²) in [5.41, 5.74) is 0.757. The Labute approximate surface area is 119 Å². The van der Waals surface area contributed by atoms with Crippen LogP contribution >= 0.6 is 11.6 Å². The van der Waals surface area contributed by atoms with Gasteiger partial charge in [0, 0.05) is 12.2 Å². The second-order valence-electron chi connectivity index (χ2n) is 5.60. The third-order valence-electron chi connectivity index (χ3n) is 4.07. The first-order chi connectivity index (χ1) is 8.99. The largest absolute Gasteiger partial charge is 0.351 e. The Bertz CT molecular complexity index is 438. The molecule has 1 aromatic rings. The molecule has 1 saturated carbocycles. The standard InChI is InChI=1S/C14H22ClN3O/c1-9-6-4-5-7-13(9)16-14(19)11(3)18-8-12(15)10(2)17-18/h8-9,11,13H,4-7H2,1-3H3,(H,16,19)/t9-,11-,13-/m1/s1. The zero-order valence-electron chi connectivity index (χ0n) is 11.8. The average molecular weight is 284 g/mol. The predicted octanol–water partition coefficient (Wildman–Crippen LogP) is 3.10. The maximum atomic E-state index is 12.3. The highest BCUT2D eigenvalue weighted by molar-refractivity contribution is 6.31. The lowest BCUT2D eigenvalue weighted by molar-refractivity contribution is -0.125. The molecule has 0 aliphatic heterocycles. The fourth-order valence-corrected chi connectivity index (χ4v) is 2.75. The highest BCUT2D eigenvalue weighted by Crippen LogP contribution is 2.24. The maximum Gasteiger partial charge on any atom is 0.244 e. The number of aryl methyl sites for hydroxylation is 1. The Morgan fingerprint density at radius 2 is 2.21 bits per heavy atom. The Kier molecular flexibility index (Phi) is 4.50. The van der Waals surface area contributed by atoms with Crippen LogP contribution in [0.25, 0.3) is 0 Å². The molecule has 19 heavy (non-hydrogen) atoms. The smallest absolute Gasteiger partial charge is 0.244 e. The van der Waals surface area contributed by atoms with Crippen LogP contribution in [0.4, 0.5) is 0 Å². The summed E-state index contributed by atoms with van der Waals surface area (Å²) in [5, 5.41) is 8.02. The van der Waals surface area contributed by atoms with Gasteiger partial charge in [0.15, 0.2) is 0 Å². The van der Waals surface area contributed by atoms with E-state index in [0.29, 0.717) is 17.0 Å². The third-order valence-corrected chi connectivity index (χ3v) is 4.44. The van der Waals surface area contributed by atoms with Crippen LogP contribution in [0.1, 0.15) is 51.3 Å². The number of rotatable bonds is 3. The molecule has 0 aromatic carbocycles. The van der Waals surface area contributed by atoms with E-state index in [9.17, 15) is 4.79 Å². The number of hydrogen-bond donors (Lipinski definition) is 1. The molecule has 1 heterocycles. The number of amides is 1. The molecule has 1 N–H and O–H groups in total. The van der Waals surface area contributed by atoms with Gasteiger partial charge in [-0.1, -0.05) is 31.4 Å². The molecule has 3 atom stereocenters. The molecule has 106 valence electrons. The quantitative estimate of drug-likeness (QED) is 0.926. The monoisotopic (exact) mass is 283 g/mol. The molecule has 0 unspecified atom stereocenters. The van der Waals surface area contributed by atoms with Crippen LogP contribution in [0.15, 0.2) is 6.20 Å². The summed E-state index contributed by atoms with van der Waals surface area (Å²) in [5.74, 6) is 0.589. The van der Waals surface area contributed by atoms with Gasteiger partial charge in [-0.3, -0.25) is 9.48 Å². The highest BCUT2D eigenvalue weighted by Gasteiger charge is 2.25. The zero-order valence-corrected chi connectivity index (χ0v) is 12.6. The summed E-state index contributed by atoms with van der Waals surface area (Å²) in [6.07, 6.45) is 6.48. The van der Waals surface area contributed by atoms with Crippen molar-refractivity contribution in [3.8, 4) is 0 Å². The zero-order chi connectivity index (χ0) is 14.0. The average Bonchev–Trinajstić information content (AvgIpc) is 2.71. The lowest BCUT2D eigenvalue weighted by Gasteiger charge is -2.30. The summed E-state index contributed by atoms with van der Waals surface area (Å²) >= 11 is 5.98. The highest BCUT2D eigenvalue weighted by atomic mass is 35.5. The Hall–Kier alpha value is -1.03. The number of aromatic nitrogens is 2. The van der Waals surface area contributed by atoms with Crippen LogP contribution in [0, 0.1) is 12.8 Å². The Balaban J connectivity index is 1.99. The number of nitrogens with one attached hydrogen (secondary N) is 1. The molecular formula is C14H22ClN3O. The van der Waals surface area contributed by atoms with Crippen LogP contribution in [0.3, 0.4) is 0 Å². The predicted molar refractivity (Wildman–Crippen MR) is 76.2 cm³/mol. The van der Waals surface area contributed by atoms with Crippen molar-refractivity contribution in [1.29, 1.82) is 0 Å². The summed E-state index contributed by atoms with van der Waals surface area (Å²) in [4.78, 5) is 12.3. The van der Waals surface area contributed by atoms with Gasteiger partial charge in [-0.25, -0.2) is 0 Å². The summed E-state index contributed by atoms with van der Waals surface area (Å²) in [6, 6.07) is -0.0174. The summed E-state index contributed by atoms with van der Waals surface area (Å²) in [7, 11) is 0. The van der Waals surface area contributed by atoms with E-state index in [0.717, 1.165) is 12.1 Å². The second-order valence-corrected chi connectivity index (χ2v) is 6.00. The van der Waals surface area contributed by atoms with Crippen LogP contribution in [0.2, 0.25) is 5.02 Å². The van der Waals surface area contributed by atoms with E-state index in [1.165, 1.54) is 19.3 Å². The first-order valence-corrected chi connectivity index (χ1v) is 7.38. The van der Waals surface area contributed by atoms with Gasteiger partial charge < -0.3 is 5.32 Å². The summed E-state index contributed by atoms with van der Waals surface area (Å²) in [6.45, 7) is 5.90. The Morgan fingerprint density at radius 3 is 2.79 bits per heavy atom. The van der Waals surface area contributed by atoms with Crippen LogP contribution in [-0.4, -0.2) is 21.7 Å². The minimum Gasteiger partial charge on any atom is -0.351 e. The molecule has 1 amide bonds. The van der Waals surface area contributed by atoms with E-state index in [-0.39, 0.29) is 11.9 Å². The normalized spacial score (nSPS) is 25.1. The molecule has 0 spiro atoms. The number of hydrogen-bond acceptors (Lipinski definition) is 2. The van der Waals surface area contributed by atoms with Crippen LogP contribution in [0.5, 0.6) is 0 Å². The fraction of sp³-hybridized carbons (Fsp3) is 0.714. The van der Waals surface area contributed by atoms with Crippen molar-refractivity contribution < 1.29 is 4.79 Å². The number of carbonyl (C=O) groups is 1. The van der Waals surface area contributed by atoms with Gasteiger partial charge in [0.1, 0.15) is 6.04 Å². The second kappa shape index (κ2) is 5.95. The topological polar surface area (TPSA) is 46.9 Å². The molecule has 1 aromatic heterocycles. The molecule has 1 aliphatic carbocycles. The van der Waals surface area contributed by atoms with E-state index >= 15 is 0 Å². The lowest BCUT2D eigenvalue weighted by Crippen LogP contribution is -2.43. The minimum atomic E-state index is -0.319. The Morgan fingerprint density at radius 1 is 1.53 bits per heavy atom. The third kappa shape index (κ3) is 3.30. The number of carbonyl (C=O) groups excluding carboxylic acids is 1. The first kappa shape index (κ1) is 14.4. The van der Waals surface area contributed by atoms with Gasteiger partial charge in [-0.05, 0) is 32.6 Å².